The maximum atomic E-state index is 14.5. The van der Waals surface area contributed by atoms with Crippen molar-refractivity contribution in [3.63, 3.8) is 0 Å². The fraction of sp³-hybridized carbons (Fsp3) is 0.567. The zero-order valence-electron chi connectivity index (χ0n) is 23.0. The zero-order chi connectivity index (χ0) is 28.2. The number of hydrogen-bond donors (Lipinski definition) is 1. The number of aliphatic hydroxyl groups excluding tert-OH is 1. The molecule has 1 N–H and O–H groups in total. The number of anilines is 1. The summed E-state index contributed by atoms with van der Waals surface area (Å²) in [5.41, 5.74) is -1.38. The summed E-state index contributed by atoms with van der Waals surface area (Å²) in [5, 5.41) is 9.24. The number of rotatable bonds is 14. The summed E-state index contributed by atoms with van der Waals surface area (Å²) >= 11 is 0. The van der Waals surface area contributed by atoms with Crippen LogP contribution in [0.15, 0.2) is 49.6 Å². The van der Waals surface area contributed by atoms with E-state index in [2.05, 4.69) is 13.2 Å². The third-order valence-corrected chi connectivity index (χ3v) is 8.35. The van der Waals surface area contributed by atoms with E-state index in [9.17, 15) is 19.5 Å². The molecule has 1 aromatic rings. The van der Waals surface area contributed by atoms with Crippen LogP contribution in [0.3, 0.4) is 0 Å². The number of esters is 1. The van der Waals surface area contributed by atoms with Crippen LogP contribution >= 0.6 is 0 Å². The Balaban J connectivity index is 1.72. The van der Waals surface area contributed by atoms with Crippen molar-refractivity contribution in [1.82, 2.24) is 4.90 Å². The lowest BCUT2D eigenvalue weighted by Crippen LogP contribution is -2.56. The number of hydrogen-bond acceptors (Lipinski definition) is 7. The van der Waals surface area contributed by atoms with E-state index < -0.39 is 35.0 Å². The van der Waals surface area contributed by atoms with Crippen molar-refractivity contribution < 1.29 is 33.7 Å². The van der Waals surface area contributed by atoms with E-state index in [1.807, 2.05) is 6.92 Å². The van der Waals surface area contributed by atoms with E-state index in [0.29, 0.717) is 56.5 Å². The summed E-state index contributed by atoms with van der Waals surface area (Å²) in [6, 6.07) is 6.25. The minimum absolute atomic E-state index is 0.0630. The molecule has 5 atom stereocenters. The second-order valence-electron chi connectivity index (χ2n) is 10.7. The van der Waals surface area contributed by atoms with Crippen LogP contribution in [0, 0.1) is 11.8 Å². The molecule has 39 heavy (non-hydrogen) atoms. The number of benzene rings is 1. The van der Waals surface area contributed by atoms with Crippen molar-refractivity contribution in [2.45, 2.75) is 62.7 Å². The maximum absolute atomic E-state index is 14.5. The molecule has 0 aliphatic carbocycles. The standard InChI is InChI=1S/C30H40N2O7/c1-5-7-20-38-28(36)24-23-26(34)32(18-9-8-10-19-33)25(30(23)16-15-29(24,3)39-30)27(35)31(17-6-2)21-11-13-22(37-4)14-12-21/h5-6,11-14,23-25,33H,1-2,7-10,15-20H2,3-4H3/t23-,24+,25?,29-,30?/m0/s1. The fourth-order valence-corrected chi connectivity index (χ4v) is 6.57. The first-order chi connectivity index (χ1) is 18.8. The number of carbonyl (C=O) groups is 3. The van der Waals surface area contributed by atoms with Crippen LogP contribution in [0.5, 0.6) is 5.75 Å². The van der Waals surface area contributed by atoms with Gasteiger partial charge in [-0.2, -0.15) is 0 Å². The van der Waals surface area contributed by atoms with E-state index >= 15 is 0 Å². The minimum atomic E-state index is -1.13. The summed E-state index contributed by atoms with van der Waals surface area (Å²) < 4.78 is 17.5. The summed E-state index contributed by atoms with van der Waals surface area (Å²) in [6.07, 6.45) is 6.80. The van der Waals surface area contributed by atoms with Gasteiger partial charge in [-0.1, -0.05) is 12.2 Å². The van der Waals surface area contributed by atoms with Gasteiger partial charge >= 0.3 is 5.97 Å². The molecular weight excluding hydrogens is 500 g/mol. The highest BCUT2D eigenvalue weighted by Gasteiger charge is 2.78. The number of aliphatic hydroxyl groups is 1. The minimum Gasteiger partial charge on any atom is -0.497 e. The van der Waals surface area contributed by atoms with Crippen LogP contribution in [0.4, 0.5) is 5.69 Å². The topological polar surface area (TPSA) is 106 Å². The average molecular weight is 541 g/mol. The molecule has 212 valence electrons. The first-order valence-electron chi connectivity index (χ1n) is 13.7. The summed E-state index contributed by atoms with van der Waals surface area (Å²) in [5.74, 6) is -1.93. The summed E-state index contributed by atoms with van der Waals surface area (Å²) in [6.45, 7) is 10.2. The second kappa shape index (κ2) is 11.9. The van der Waals surface area contributed by atoms with E-state index in [-0.39, 0.29) is 31.6 Å². The highest BCUT2D eigenvalue weighted by molar-refractivity contribution is 6.04. The molecule has 3 saturated heterocycles. The molecule has 9 nitrogen and oxygen atoms in total. The van der Waals surface area contributed by atoms with Crippen LogP contribution in [-0.2, 0) is 23.9 Å². The van der Waals surface area contributed by atoms with Crippen LogP contribution in [0.1, 0.15) is 45.4 Å². The highest BCUT2D eigenvalue weighted by atomic mass is 16.6. The Morgan fingerprint density at radius 2 is 1.92 bits per heavy atom. The molecule has 3 aliphatic heterocycles. The Hall–Kier alpha value is -3.17. The Kier molecular flexibility index (Phi) is 8.81. The molecule has 1 aromatic carbocycles. The zero-order valence-corrected chi connectivity index (χ0v) is 23.0. The molecule has 3 fully saturated rings. The smallest absolute Gasteiger partial charge is 0.312 e. The van der Waals surface area contributed by atoms with Crippen LogP contribution < -0.4 is 9.64 Å². The first-order valence-corrected chi connectivity index (χ1v) is 13.7. The van der Waals surface area contributed by atoms with Crippen molar-refractivity contribution in [3.05, 3.63) is 49.6 Å². The largest absolute Gasteiger partial charge is 0.497 e. The SMILES string of the molecule is C=CCCOC(=O)[C@H]1[C@H]2C(=O)N(CCCCCO)C(C(=O)N(CC=C)c3ccc(OC)cc3)C23CC[C@]1(C)O3. The van der Waals surface area contributed by atoms with Gasteiger partial charge in [0.15, 0.2) is 0 Å². The van der Waals surface area contributed by atoms with E-state index in [1.54, 1.807) is 53.3 Å². The highest BCUT2D eigenvalue weighted by Crippen LogP contribution is 2.63. The van der Waals surface area contributed by atoms with Crippen LogP contribution in [0.25, 0.3) is 0 Å². The number of carbonyl (C=O) groups excluding carboxylic acids is 3. The summed E-state index contributed by atoms with van der Waals surface area (Å²) in [4.78, 5) is 45.1. The molecule has 2 unspecified atom stereocenters. The first kappa shape index (κ1) is 28.8. The van der Waals surface area contributed by atoms with E-state index in [4.69, 9.17) is 14.2 Å². The van der Waals surface area contributed by atoms with Crippen molar-refractivity contribution >= 4 is 23.5 Å². The number of fused-ring (bicyclic) bond motifs is 1. The monoisotopic (exact) mass is 540 g/mol. The van der Waals surface area contributed by atoms with Gasteiger partial charge in [0.25, 0.3) is 5.91 Å². The second-order valence-corrected chi connectivity index (χ2v) is 10.7. The molecule has 3 heterocycles. The third-order valence-electron chi connectivity index (χ3n) is 8.35. The van der Waals surface area contributed by atoms with Gasteiger partial charge in [0, 0.05) is 25.4 Å². The van der Waals surface area contributed by atoms with Gasteiger partial charge in [0.2, 0.25) is 5.91 Å². The summed E-state index contributed by atoms with van der Waals surface area (Å²) in [7, 11) is 1.58. The number of methoxy groups -OCH3 is 1. The molecule has 4 rings (SSSR count). The quantitative estimate of drug-likeness (QED) is 0.219. The molecule has 3 aliphatic rings. The molecule has 2 bridgehead atoms. The van der Waals surface area contributed by atoms with Crippen molar-refractivity contribution in [3.8, 4) is 5.75 Å². The van der Waals surface area contributed by atoms with Gasteiger partial charge in [-0.3, -0.25) is 14.4 Å². The van der Waals surface area contributed by atoms with E-state index in [1.165, 1.54) is 0 Å². The molecule has 1 spiro atoms. The average Bonchev–Trinajstić information content (AvgIpc) is 3.50. The van der Waals surface area contributed by atoms with Gasteiger partial charge in [-0.25, -0.2) is 0 Å². The van der Waals surface area contributed by atoms with Crippen molar-refractivity contribution in [2.24, 2.45) is 11.8 Å². The van der Waals surface area contributed by atoms with Gasteiger partial charge in [-0.05, 0) is 69.7 Å². The van der Waals surface area contributed by atoms with Gasteiger partial charge in [0.1, 0.15) is 23.3 Å². The lowest BCUT2D eigenvalue weighted by atomic mass is 9.66. The molecule has 0 aromatic heterocycles. The number of amides is 2. The predicted octanol–water partition coefficient (Wildman–Crippen LogP) is 3.26. The lowest BCUT2D eigenvalue weighted by Gasteiger charge is -2.37. The van der Waals surface area contributed by atoms with Crippen molar-refractivity contribution in [1.29, 1.82) is 0 Å². The number of nitrogens with zero attached hydrogens (tertiary/aromatic N) is 2. The van der Waals surface area contributed by atoms with Crippen molar-refractivity contribution in [2.75, 3.05) is 38.3 Å². The number of unbranched alkanes of at least 4 members (excludes halogenated alkanes) is 2. The van der Waals surface area contributed by atoms with Gasteiger partial charge in [-0.15, -0.1) is 13.2 Å². The maximum Gasteiger partial charge on any atom is 0.312 e. The Bertz CT molecular complexity index is 1090. The van der Waals surface area contributed by atoms with E-state index in [0.717, 1.165) is 0 Å². The van der Waals surface area contributed by atoms with Crippen LogP contribution in [-0.4, -0.2) is 78.4 Å². The Morgan fingerprint density at radius 3 is 2.56 bits per heavy atom. The normalized spacial score (nSPS) is 28.7. The van der Waals surface area contributed by atoms with Gasteiger partial charge in [0.05, 0.1) is 25.2 Å². The van der Waals surface area contributed by atoms with Gasteiger partial charge < -0.3 is 29.1 Å². The molecule has 0 saturated carbocycles. The lowest BCUT2D eigenvalue weighted by molar-refractivity contribution is -0.159. The molecule has 0 radical (unpaired) electrons. The molecular formula is C30H40N2O7. The number of likely N-dealkylation sites (tertiary alicyclic amines) is 1. The molecule has 9 heteroatoms. The third kappa shape index (κ3) is 5.10. The predicted molar refractivity (Wildman–Crippen MR) is 146 cm³/mol. The Labute approximate surface area is 230 Å². The van der Waals surface area contributed by atoms with Crippen LogP contribution in [0.2, 0.25) is 0 Å². The fourth-order valence-electron chi connectivity index (χ4n) is 6.57. The Morgan fingerprint density at radius 1 is 1.18 bits per heavy atom. The number of ether oxygens (including phenoxy) is 3. The molecule has 2 amide bonds.